The number of rotatable bonds is 15. The Labute approximate surface area is 200 Å². The van der Waals surface area contributed by atoms with Gasteiger partial charge in [0, 0.05) is 23.9 Å². The van der Waals surface area contributed by atoms with Gasteiger partial charge in [-0.05, 0) is 81.3 Å². The minimum absolute atomic E-state index is 0.183. The molecule has 1 aliphatic carbocycles. The van der Waals surface area contributed by atoms with Crippen LogP contribution in [0.1, 0.15) is 71.3 Å². The molecule has 0 spiro atoms. The van der Waals surface area contributed by atoms with Crippen LogP contribution in [-0.2, 0) is 11.2 Å². The largest absolute Gasteiger partial charge is 0.353 e. The number of nitrogens with zero attached hydrogens (tertiary/aromatic N) is 2. The van der Waals surface area contributed by atoms with E-state index in [1.54, 1.807) is 11.8 Å². The zero-order chi connectivity index (χ0) is 23.3. The predicted molar refractivity (Wildman–Crippen MR) is 140 cm³/mol. The highest BCUT2D eigenvalue weighted by molar-refractivity contribution is 7.99. The SMILES string of the molecule is C=Nc1ccc(CC)cc1SCCCC(=O)NC(CC(=C)CN(CC)CC)C1CCCC1. The first-order valence-corrected chi connectivity index (χ1v) is 13.4. The second-order valence-electron chi connectivity index (χ2n) is 8.90. The lowest BCUT2D eigenvalue weighted by molar-refractivity contribution is -0.122. The summed E-state index contributed by atoms with van der Waals surface area (Å²) in [5.41, 5.74) is 3.48. The summed E-state index contributed by atoms with van der Waals surface area (Å²) in [6, 6.07) is 6.59. The fraction of sp³-hybridized carbons (Fsp3) is 0.630. The van der Waals surface area contributed by atoms with Gasteiger partial charge in [-0.2, -0.15) is 0 Å². The van der Waals surface area contributed by atoms with Crippen LogP contribution in [0.15, 0.2) is 40.2 Å². The Bertz CT molecular complexity index is 738. The van der Waals surface area contributed by atoms with Crippen LogP contribution < -0.4 is 5.32 Å². The van der Waals surface area contributed by atoms with Crippen molar-refractivity contribution >= 4 is 30.1 Å². The summed E-state index contributed by atoms with van der Waals surface area (Å²) in [7, 11) is 0. The minimum Gasteiger partial charge on any atom is -0.353 e. The van der Waals surface area contributed by atoms with Crippen LogP contribution >= 0.6 is 11.8 Å². The summed E-state index contributed by atoms with van der Waals surface area (Å²) in [6.45, 7) is 17.6. The molecule has 0 bridgehead atoms. The lowest BCUT2D eigenvalue weighted by Crippen LogP contribution is -2.40. The van der Waals surface area contributed by atoms with Crippen molar-refractivity contribution in [3.05, 3.63) is 35.9 Å². The van der Waals surface area contributed by atoms with Gasteiger partial charge in [0.2, 0.25) is 5.91 Å². The van der Waals surface area contributed by atoms with Crippen LogP contribution in [0.3, 0.4) is 0 Å². The molecule has 4 nitrogen and oxygen atoms in total. The summed E-state index contributed by atoms with van der Waals surface area (Å²) in [6.07, 6.45) is 8.37. The third-order valence-corrected chi connectivity index (χ3v) is 7.70. The standard InChI is InChI=1S/C27H43N3OS/c1-6-22-15-16-24(28-5)26(19-22)32-17-11-14-27(31)29-25(23-12-9-10-13-23)18-21(4)20-30(7-2)8-3/h15-16,19,23,25H,4-14,17-18,20H2,1-3H3,(H,29,31). The van der Waals surface area contributed by atoms with Crippen molar-refractivity contribution in [1.29, 1.82) is 0 Å². The fourth-order valence-corrected chi connectivity index (χ4v) is 5.58. The van der Waals surface area contributed by atoms with Crippen molar-refractivity contribution < 1.29 is 4.79 Å². The quantitative estimate of drug-likeness (QED) is 0.143. The number of hydrogen-bond acceptors (Lipinski definition) is 4. The number of carbonyl (C=O) groups is 1. The number of aliphatic imine (C=N–C) groups is 1. The Balaban J connectivity index is 1.83. The van der Waals surface area contributed by atoms with E-state index in [1.165, 1.54) is 36.8 Å². The Morgan fingerprint density at radius 3 is 2.59 bits per heavy atom. The number of aryl methyl sites for hydroxylation is 1. The molecule has 0 saturated heterocycles. The molecule has 2 rings (SSSR count). The Hall–Kier alpha value is -1.59. The molecule has 1 atom stereocenters. The van der Waals surface area contributed by atoms with Crippen molar-refractivity contribution in [2.24, 2.45) is 10.9 Å². The lowest BCUT2D eigenvalue weighted by atomic mass is 9.92. The first kappa shape index (κ1) is 26.7. The molecule has 1 fully saturated rings. The van der Waals surface area contributed by atoms with Crippen molar-refractivity contribution in [2.45, 2.75) is 83.1 Å². The van der Waals surface area contributed by atoms with E-state index in [4.69, 9.17) is 0 Å². The topological polar surface area (TPSA) is 44.7 Å². The van der Waals surface area contributed by atoms with Crippen molar-refractivity contribution in [3.63, 3.8) is 0 Å². The predicted octanol–water partition coefficient (Wildman–Crippen LogP) is 6.42. The molecule has 1 aromatic rings. The van der Waals surface area contributed by atoms with E-state index in [0.29, 0.717) is 12.3 Å². The Morgan fingerprint density at radius 2 is 1.97 bits per heavy atom. The molecule has 0 aliphatic heterocycles. The Kier molecular flexibility index (Phi) is 12.1. The van der Waals surface area contributed by atoms with Crippen molar-refractivity contribution in [3.8, 4) is 0 Å². The molecule has 0 radical (unpaired) electrons. The van der Waals surface area contributed by atoms with E-state index in [-0.39, 0.29) is 11.9 Å². The molecule has 0 aromatic heterocycles. The van der Waals surface area contributed by atoms with Gasteiger partial charge in [0.25, 0.3) is 0 Å². The molecule has 1 saturated carbocycles. The molecule has 178 valence electrons. The molecular weight excluding hydrogens is 414 g/mol. The molecule has 0 heterocycles. The van der Waals surface area contributed by atoms with Crippen LogP contribution in [0.4, 0.5) is 5.69 Å². The summed E-state index contributed by atoms with van der Waals surface area (Å²) < 4.78 is 0. The molecule has 1 aliphatic rings. The molecule has 5 heteroatoms. The number of nitrogens with one attached hydrogen (secondary N) is 1. The normalized spacial score (nSPS) is 15.1. The first-order valence-electron chi connectivity index (χ1n) is 12.4. The van der Waals surface area contributed by atoms with E-state index >= 15 is 0 Å². The van der Waals surface area contributed by atoms with E-state index < -0.39 is 0 Å². The fourth-order valence-electron chi connectivity index (χ4n) is 4.55. The van der Waals surface area contributed by atoms with Gasteiger partial charge < -0.3 is 5.32 Å². The minimum atomic E-state index is 0.183. The summed E-state index contributed by atoms with van der Waals surface area (Å²) in [5.74, 6) is 1.69. The number of benzene rings is 1. The summed E-state index contributed by atoms with van der Waals surface area (Å²) >= 11 is 1.78. The number of amides is 1. The molecule has 32 heavy (non-hydrogen) atoms. The summed E-state index contributed by atoms with van der Waals surface area (Å²) in [5, 5.41) is 3.38. The molecule has 1 amide bonds. The van der Waals surface area contributed by atoms with Gasteiger partial charge >= 0.3 is 0 Å². The zero-order valence-electron chi connectivity index (χ0n) is 20.5. The molecular formula is C27H43N3OS. The summed E-state index contributed by atoms with van der Waals surface area (Å²) in [4.78, 5) is 20.5. The highest BCUT2D eigenvalue weighted by Gasteiger charge is 2.27. The maximum absolute atomic E-state index is 12.8. The maximum atomic E-state index is 12.8. The van der Waals surface area contributed by atoms with E-state index in [0.717, 1.165) is 55.2 Å². The number of likely N-dealkylation sites (N-methyl/N-ethyl adjacent to an activating group) is 1. The second-order valence-corrected chi connectivity index (χ2v) is 10.0. The van der Waals surface area contributed by atoms with E-state index in [9.17, 15) is 4.79 Å². The number of thioether (sulfide) groups is 1. The highest BCUT2D eigenvalue weighted by atomic mass is 32.2. The van der Waals surface area contributed by atoms with Gasteiger partial charge in [0.15, 0.2) is 0 Å². The number of hydrogen-bond donors (Lipinski definition) is 1. The lowest BCUT2D eigenvalue weighted by Gasteiger charge is -2.27. The van der Waals surface area contributed by atoms with Crippen molar-refractivity contribution in [2.75, 3.05) is 25.4 Å². The molecule has 1 N–H and O–H groups in total. The smallest absolute Gasteiger partial charge is 0.220 e. The van der Waals surface area contributed by atoms with E-state index in [2.05, 4.69) is 61.4 Å². The average molecular weight is 458 g/mol. The average Bonchev–Trinajstić information content (AvgIpc) is 3.34. The van der Waals surface area contributed by atoms with Gasteiger partial charge in [0.1, 0.15) is 0 Å². The third-order valence-electron chi connectivity index (χ3n) is 6.57. The van der Waals surface area contributed by atoms with Crippen LogP contribution in [-0.4, -0.2) is 49.0 Å². The van der Waals surface area contributed by atoms with Crippen LogP contribution in [0.25, 0.3) is 0 Å². The van der Waals surface area contributed by atoms with Gasteiger partial charge in [-0.3, -0.25) is 14.7 Å². The monoisotopic (exact) mass is 457 g/mol. The molecule has 1 unspecified atom stereocenters. The van der Waals surface area contributed by atoms with Crippen LogP contribution in [0.2, 0.25) is 0 Å². The first-order chi connectivity index (χ1) is 15.5. The van der Waals surface area contributed by atoms with Crippen LogP contribution in [0, 0.1) is 5.92 Å². The highest BCUT2D eigenvalue weighted by Crippen LogP contribution is 2.32. The second kappa shape index (κ2) is 14.5. The van der Waals surface area contributed by atoms with Crippen LogP contribution in [0.5, 0.6) is 0 Å². The van der Waals surface area contributed by atoms with Crippen molar-refractivity contribution in [1.82, 2.24) is 10.2 Å². The van der Waals surface area contributed by atoms with Gasteiger partial charge in [-0.1, -0.05) is 51.8 Å². The van der Waals surface area contributed by atoms with E-state index in [1.807, 2.05) is 6.07 Å². The third kappa shape index (κ3) is 8.74. The van der Waals surface area contributed by atoms with Gasteiger partial charge in [-0.25, -0.2) is 0 Å². The number of carbonyl (C=O) groups excluding carboxylic acids is 1. The van der Waals surface area contributed by atoms with Gasteiger partial charge in [0.05, 0.1) is 5.69 Å². The maximum Gasteiger partial charge on any atom is 0.220 e. The zero-order valence-corrected chi connectivity index (χ0v) is 21.3. The molecule has 1 aromatic carbocycles. The Morgan fingerprint density at radius 1 is 1.25 bits per heavy atom. The van der Waals surface area contributed by atoms with Gasteiger partial charge in [-0.15, -0.1) is 11.8 Å².